The number of aliphatic hydroxyl groups is 1. The van der Waals surface area contributed by atoms with E-state index in [4.69, 9.17) is 4.74 Å². The molecule has 4 heteroatoms. The molecule has 0 aromatic carbocycles. The molecular weight excluding hydrogens is 206 g/mol. The van der Waals surface area contributed by atoms with E-state index in [2.05, 4.69) is 4.90 Å². The van der Waals surface area contributed by atoms with Crippen molar-refractivity contribution in [2.24, 2.45) is 5.41 Å². The number of hydrogen-bond donors (Lipinski definition) is 1. The lowest BCUT2D eigenvalue weighted by molar-refractivity contribution is -0.118. The van der Waals surface area contributed by atoms with Crippen LogP contribution in [0.15, 0.2) is 0 Å². The predicted molar refractivity (Wildman–Crippen MR) is 60.2 cm³/mol. The fourth-order valence-electron chi connectivity index (χ4n) is 2.52. The Morgan fingerprint density at radius 2 is 2.06 bits per heavy atom. The maximum atomic E-state index is 11.2. The summed E-state index contributed by atoms with van der Waals surface area (Å²) in [6.07, 6.45) is 3.49. The Bertz CT molecular complexity index is 249. The van der Waals surface area contributed by atoms with Crippen molar-refractivity contribution in [3.05, 3.63) is 0 Å². The maximum absolute atomic E-state index is 11.2. The zero-order valence-corrected chi connectivity index (χ0v) is 9.95. The van der Waals surface area contributed by atoms with Crippen molar-refractivity contribution >= 4 is 6.29 Å². The fourth-order valence-corrected chi connectivity index (χ4v) is 2.52. The normalized spacial score (nSPS) is 35.1. The molecule has 0 radical (unpaired) electrons. The summed E-state index contributed by atoms with van der Waals surface area (Å²) in [6, 6.07) is 0. The van der Waals surface area contributed by atoms with Gasteiger partial charge in [-0.15, -0.1) is 0 Å². The second-order valence-corrected chi connectivity index (χ2v) is 5.56. The first-order valence-electron chi connectivity index (χ1n) is 6.04. The van der Waals surface area contributed by atoms with Crippen LogP contribution in [0.5, 0.6) is 0 Å². The van der Waals surface area contributed by atoms with E-state index in [0.717, 1.165) is 45.2 Å². The molecule has 0 spiro atoms. The van der Waals surface area contributed by atoms with Crippen molar-refractivity contribution in [3.8, 4) is 0 Å². The lowest BCUT2D eigenvalue weighted by Gasteiger charge is -2.38. The van der Waals surface area contributed by atoms with Gasteiger partial charge in [0.25, 0.3) is 0 Å². The minimum atomic E-state index is -0.517. The smallest absolute Gasteiger partial charge is 0.129 e. The summed E-state index contributed by atoms with van der Waals surface area (Å²) in [5, 5.41) is 9.85. The molecule has 1 N–H and O–H groups in total. The summed E-state index contributed by atoms with van der Waals surface area (Å²) in [5.41, 5.74) is -0.805. The second-order valence-electron chi connectivity index (χ2n) is 5.56. The van der Waals surface area contributed by atoms with E-state index in [1.54, 1.807) is 0 Å². The van der Waals surface area contributed by atoms with Crippen molar-refractivity contribution in [1.82, 2.24) is 4.90 Å². The molecule has 4 nitrogen and oxygen atoms in total. The topological polar surface area (TPSA) is 49.8 Å². The predicted octanol–water partition coefficient (Wildman–Crippen LogP) is 0.439. The van der Waals surface area contributed by atoms with Crippen molar-refractivity contribution in [2.75, 3.05) is 32.8 Å². The van der Waals surface area contributed by atoms with Gasteiger partial charge in [-0.25, -0.2) is 0 Å². The molecular formula is C12H21NO3. The number of ether oxygens (including phenoxy) is 1. The van der Waals surface area contributed by atoms with Gasteiger partial charge in [-0.1, -0.05) is 0 Å². The molecule has 2 fully saturated rings. The van der Waals surface area contributed by atoms with Gasteiger partial charge in [0.2, 0.25) is 0 Å². The summed E-state index contributed by atoms with van der Waals surface area (Å²) in [4.78, 5) is 13.5. The molecule has 0 saturated carbocycles. The minimum absolute atomic E-state index is 0.288. The molecule has 2 aliphatic rings. The van der Waals surface area contributed by atoms with Gasteiger partial charge in [-0.05, 0) is 26.2 Å². The summed E-state index contributed by atoms with van der Waals surface area (Å²) >= 11 is 0. The molecule has 92 valence electrons. The zero-order valence-electron chi connectivity index (χ0n) is 9.95. The van der Waals surface area contributed by atoms with E-state index in [9.17, 15) is 9.90 Å². The van der Waals surface area contributed by atoms with Crippen LogP contribution in [-0.4, -0.2) is 54.7 Å². The average molecular weight is 227 g/mol. The Labute approximate surface area is 96.6 Å². The number of piperidine rings is 1. The van der Waals surface area contributed by atoms with E-state index in [1.807, 2.05) is 6.92 Å². The van der Waals surface area contributed by atoms with E-state index < -0.39 is 5.60 Å². The number of hydrogen-bond acceptors (Lipinski definition) is 4. The molecule has 0 aliphatic carbocycles. The molecule has 0 bridgehead atoms. The highest BCUT2D eigenvalue weighted by molar-refractivity contribution is 5.60. The van der Waals surface area contributed by atoms with Crippen molar-refractivity contribution in [2.45, 2.75) is 31.8 Å². The first kappa shape index (κ1) is 12.0. The van der Waals surface area contributed by atoms with Crippen LogP contribution in [0.4, 0.5) is 0 Å². The number of carbonyl (C=O) groups excluding carboxylic acids is 1. The molecule has 0 amide bonds. The van der Waals surface area contributed by atoms with Crippen LogP contribution < -0.4 is 0 Å². The third-order valence-corrected chi connectivity index (χ3v) is 3.86. The van der Waals surface area contributed by atoms with Gasteiger partial charge in [0, 0.05) is 26.2 Å². The zero-order chi connectivity index (χ0) is 11.6. The minimum Gasteiger partial charge on any atom is -0.390 e. The maximum Gasteiger partial charge on any atom is 0.129 e. The number of likely N-dealkylation sites (tertiary alicyclic amines) is 1. The average Bonchev–Trinajstić information content (AvgIpc) is 2.71. The quantitative estimate of drug-likeness (QED) is 0.711. The molecule has 0 aromatic rings. The number of rotatable bonds is 3. The molecule has 0 aromatic heterocycles. The first-order chi connectivity index (χ1) is 7.55. The molecule has 16 heavy (non-hydrogen) atoms. The molecule has 1 atom stereocenters. The highest BCUT2D eigenvalue weighted by atomic mass is 16.5. The first-order valence-corrected chi connectivity index (χ1v) is 6.04. The molecule has 1 unspecified atom stereocenters. The Kier molecular flexibility index (Phi) is 3.33. The second kappa shape index (κ2) is 4.43. The van der Waals surface area contributed by atoms with Crippen molar-refractivity contribution in [3.63, 3.8) is 0 Å². The number of carbonyl (C=O) groups is 1. The van der Waals surface area contributed by atoms with Crippen LogP contribution in [0.2, 0.25) is 0 Å². The molecule has 2 saturated heterocycles. The standard InChI is InChI=1S/C12H21NO3/c1-11(15)2-5-13(6-3-11)8-12(9-14)4-7-16-10-12/h9,15H,2-8,10H2,1H3. The van der Waals surface area contributed by atoms with Crippen LogP contribution in [0.25, 0.3) is 0 Å². The van der Waals surface area contributed by atoms with Crippen LogP contribution >= 0.6 is 0 Å². The van der Waals surface area contributed by atoms with E-state index >= 15 is 0 Å². The molecule has 2 aliphatic heterocycles. The summed E-state index contributed by atoms with van der Waals surface area (Å²) < 4.78 is 5.33. The highest BCUT2D eigenvalue weighted by Crippen LogP contribution is 2.30. The van der Waals surface area contributed by atoms with Crippen LogP contribution in [0.1, 0.15) is 26.2 Å². The van der Waals surface area contributed by atoms with Gasteiger partial charge in [-0.2, -0.15) is 0 Å². The third-order valence-electron chi connectivity index (χ3n) is 3.86. The van der Waals surface area contributed by atoms with Crippen LogP contribution in [0, 0.1) is 5.41 Å². The molecule has 2 rings (SSSR count). The lowest BCUT2D eigenvalue weighted by Crippen LogP contribution is -2.47. The van der Waals surface area contributed by atoms with E-state index in [-0.39, 0.29) is 5.41 Å². The lowest BCUT2D eigenvalue weighted by atomic mass is 9.86. The van der Waals surface area contributed by atoms with Gasteiger partial charge in [0.05, 0.1) is 17.6 Å². The van der Waals surface area contributed by atoms with Crippen LogP contribution in [-0.2, 0) is 9.53 Å². The Morgan fingerprint density at radius 3 is 2.56 bits per heavy atom. The van der Waals surface area contributed by atoms with Crippen LogP contribution in [0.3, 0.4) is 0 Å². The van der Waals surface area contributed by atoms with Gasteiger partial charge in [0.15, 0.2) is 0 Å². The number of nitrogens with zero attached hydrogens (tertiary/aromatic N) is 1. The van der Waals surface area contributed by atoms with Crippen molar-refractivity contribution < 1.29 is 14.6 Å². The van der Waals surface area contributed by atoms with E-state index in [1.165, 1.54) is 0 Å². The highest BCUT2D eigenvalue weighted by Gasteiger charge is 2.38. The van der Waals surface area contributed by atoms with Gasteiger partial charge < -0.3 is 19.5 Å². The summed E-state index contributed by atoms with van der Waals surface area (Å²) in [7, 11) is 0. The molecule has 2 heterocycles. The van der Waals surface area contributed by atoms with Gasteiger partial charge >= 0.3 is 0 Å². The van der Waals surface area contributed by atoms with Gasteiger partial charge in [0.1, 0.15) is 6.29 Å². The fraction of sp³-hybridized carbons (Fsp3) is 0.917. The summed E-state index contributed by atoms with van der Waals surface area (Å²) in [5.74, 6) is 0. The SMILES string of the molecule is CC1(O)CCN(CC2(C=O)CCOC2)CC1. The summed E-state index contributed by atoms with van der Waals surface area (Å²) in [6.45, 7) is 5.68. The van der Waals surface area contributed by atoms with E-state index in [0.29, 0.717) is 13.2 Å². The Balaban J connectivity index is 1.88. The largest absolute Gasteiger partial charge is 0.390 e. The Hall–Kier alpha value is -0.450. The Morgan fingerprint density at radius 1 is 1.38 bits per heavy atom. The number of aldehydes is 1. The van der Waals surface area contributed by atoms with Crippen molar-refractivity contribution in [1.29, 1.82) is 0 Å². The monoisotopic (exact) mass is 227 g/mol. The third kappa shape index (κ3) is 2.62. The van der Waals surface area contributed by atoms with Gasteiger partial charge in [-0.3, -0.25) is 0 Å².